The van der Waals surface area contributed by atoms with Gasteiger partial charge in [0.05, 0.1) is 33.4 Å². The number of thioether (sulfide) groups is 1. The predicted octanol–water partition coefficient (Wildman–Crippen LogP) is 2.33. The molecule has 3 amide bonds. The van der Waals surface area contributed by atoms with Gasteiger partial charge in [-0.3, -0.25) is 34.6 Å². The molecule has 0 saturated carbocycles. The zero-order valence-electron chi connectivity index (χ0n) is 22.4. The molecule has 14 heteroatoms. The number of nitrogens with zero attached hydrogens (tertiary/aromatic N) is 3. The summed E-state index contributed by atoms with van der Waals surface area (Å²) in [6, 6.07) is 8.31. The lowest BCUT2D eigenvalue weighted by Gasteiger charge is -2.31. The number of hydrogen-bond acceptors (Lipinski definition) is 9. The minimum atomic E-state index is -1.79. The lowest BCUT2D eigenvalue weighted by atomic mass is 9.98. The van der Waals surface area contributed by atoms with E-state index in [-0.39, 0.29) is 29.3 Å². The van der Waals surface area contributed by atoms with E-state index in [9.17, 15) is 39.7 Å². The average molecular weight is 574 g/mol. The number of amides is 3. The van der Waals surface area contributed by atoms with Crippen molar-refractivity contribution in [1.29, 1.82) is 0 Å². The maximum atomic E-state index is 13.5. The van der Waals surface area contributed by atoms with Crippen molar-refractivity contribution in [3.05, 3.63) is 79.4 Å². The number of aliphatic hydroxyl groups excluding tert-OH is 1. The summed E-state index contributed by atoms with van der Waals surface area (Å²) in [6.45, 7) is 6.70. The molecule has 3 atom stereocenters. The van der Waals surface area contributed by atoms with Crippen molar-refractivity contribution >= 4 is 40.9 Å². The molecular weight excluding hydrogens is 542 g/mol. The number of benzene rings is 2. The van der Waals surface area contributed by atoms with Crippen LogP contribution in [0.4, 0.5) is 11.4 Å². The standard InChI is InChI=1S/C26H31N5O8S/c1-15-18(11-17(30(36)37)12-20(15)31(38)39)23(33)27-19(10-16-8-6-5-7-9-16)22(32)25(35)29-14-40-13-21(29)24(34)28-26(2,3)4/h5-9,11-12,19,21-22,32H,10,13-14H2,1-4H3,(H,27,33)(H,28,34)/t19-,21-,22-/m0/s1. The fourth-order valence-electron chi connectivity index (χ4n) is 4.24. The number of non-ortho nitro benzene ring substituents is 1. The van der Waals surface area contributed by atoms with E-state index in [0.29, 0.717) is 11.3 Å². The monoisotopic (exact) mass is 573 g/mol. The van der Waals surface area contributed by atoms with Crippen molar-refractivity contribution in [2.45, 2.75) is 57.8 Å². The molecule has 2 aromatic rings. The van der Waals surface area contributed by atoms with Gasteiger partial charge >= 0.3 is 0 Å². The minimum Gasteiger partial charge on any atom is -0.381 e. The molecular formula is C26H31N5O8S. The Balaban J connectivity index is 1.93. The number of nitro benzene ring substituents is 2. The van der Waals surface area contributed by atoms with Crippen molar-refractivity contribution in [2.75, 3.05) is 11.6 Å². The van der Waals surface area contributed by atoms with Crippen molar-refractivity contribution in [2.24, 2.45) is 0 Å². The highest BCUT2D eigenvalue weighted by Crippen LogP contribution is 2.29. The van der Waals surface area contributed by atoms with Crippen LogP contribution in [-0.4, -0.2) is 72.9 Å². The number of nitro groups is 2. The van der Waals surface area contributed by atoms with Crippen LogP contribution >= 0.6 is 11.8 Å². The molecule has 1 aliphatic heterocycles. The van der Waals surface area contributed by atoms with E-state index in [1.807, 2.05) is 0 Å². The highest BCUT2D eigenvalue weighted by Gasteiger charge is 2.41. The first-order valence-corrected chi connectivity index (χ1v) is 13.5. The minimum absolute atomic E-state index is 0.00457. The molecule has 0 aromatic heterocycles. The molecule has 1 fully saturated rings. The Labute approximate surface area is 234 Å². The van der Waals surface area contributed by atoms with E-state index in [1.54, 1.807) is 51.1 Å². The van der Waals surface area contributed by atoms with Gasteiger partial charge < -0.3 is 20.6 Å². The number of carbonyl (C=O) groups excluding carboxylic acids is 3. The molecule has 0 bridgehead atoms. The van der Waals surface area contributed by atoms with Crippen molar-refractivity contribution in [3.8, 4) is 0 Å². The molecule has 1 saturated heterocycles. The van der Waals surface area contributed by atoms with Gasteiger partial charge in [-0.15, -0.1) is 11.8 Å². The summed E-state index contributed by atoms with van der Waals surface area (Å²) in [4.78, 5) is 62.1. The highest BCUT2D eigenvalue weighted by atomic mass is 32.2. The number of aliphatic hydroxyl groups is 1. The summed E-state index contributed by atoms with van der Waals surface area (Å²) in [6.07, 6.45) is -1.79. The van der Waals surface area contributed by atoms with Crippen molar-refractivity contribution in [3.63, 3.8) is 0 Å². The molecule has 13 nitrogen and oxygen atoms in total. The Hall–Kier alpha value is -4.04. The lowest BCUT2D eigenvalue weighted by Crippen LogP contribution is -2.57. The number of carbonyl (C=O) groups is 3. The zero-order chi connectivity index (χ0) is 29.8. The number of nitrogens with one attached hydrogen (secondary N) is 2. The molecule has 40 heavy (non-hydrogen) atoms. The second-order valence-corrected chi connectivity index (χ2v) is 11.4. The zero-order valence-corrected chi connectivity index (χ0v) is 23.3. The summed E-state index contributed by atoms with van der Waals surface area (Å²) >= 11 is 1.35. The third-order valence-electron chi connectivity index (χ3n) is 6.23. The van der Waals surface area contributed by atoms with Gasteiger partial charge in [0.2, 0.25) is 5.91 Å². The maximum Gasteiger partial charge on any atom is 0.279 e. The Morgan fingerprint density at radius 3 is 2.35 bits per heavy atom. The van der Waals surface area contributed by atoms with E-state index in [4.69, 9.17) is 0 Å². The van der Waals surface area contributed by atoms with Gasteiger partial charge in [0.15, 0.2) is 6.10 Å². The van der Waals surface area contributed by atoms with Gasteiger partial charge in [0.1, 0.15) is 6.04 Å². The van der Waals surface area contributed by atoms with E-state index in [0.717, 1.165) is 12.1 Å². The summed E-state index contributed by atoms with van der Waals surface area (Å²) < 4.78 is 0. The number of rotatable bonds is 9. The van der Waals surface area contributed by atoms with Crippen LogP contribution in [0.2, 0.25) is 0 Å². The third kappa shape index (κ3) is 7.33. The second-order valence-electron chi connectivity index (χ2n) is 10.4. The van der Waals surface area contributed by atoms with Crippen LogP contribution < -0.4 is 10.6 Å². The van der Waals surface area contributed by atoms with Gasteiger partial charge in [0.25, 0.3) is 23.2 Å². The molecule has 0 unspecified atom stereocenters. The quantitative estimate of drug-likeness (QED) is 0.299. The first kappa shape index (κ1) is 30.5. The largest absolute Gasteiger partial charge is 0.381 e. The molecule has 3 rings (SSSR count). The summed E-state index contributed by atoms with van der Waals surface area (Å²) in [5.74, 6) is -1.61. The normalized spacial score (nSPS) is 16.6. The summed E-state index contributed by atoms with van der Waals surface area (Å²) in [5, 5.41) is 39.5. The van der Waals surface area contributed by atoms with E-state index in [2.05, 4.69) is 10.6 Å². The average Bonchev–Trinajstić information content (AvgIpc) is 3.37. The Kier molecular flexibility index (Phi) is 9.48. The van der Waals surface area contributed by atoms with Crippen LogP contribution in [0.5, 0.6) is 0 Å². The summed E-state index contributed by atoms with van der Waals surface area (Å²) in [5.41, 5.74) is -1.59. The van der Waals surface area contributed by atoms with E-state index < -0.39 is 56.8 Å². The Morgan fingerprint density at radius 2 is 1.77 bits per heavy atom. The molecule has 214 valence electrons. The van der Waals surface area contributed by atoms with Gasteiger partial charge in [-0.05, 0) is 39.7 Å². The Bertz CT molecular complexity index is 1310. The van der Waals surface area contributed by atoms with Crippen LogP contribution in [-0.2, 0) is 16.0 Å². The predicted molar refractivity (Wildman–Crippen MR) is 148 cm³/mol. The van der Waals surface area contributed by atoms with Gasteiger partial charge in [-0.1, -0.05) is 30.3 Å². The molecule has 0 radical (unpaired) electrons. The smallest absolute Gasteiger partial charge is 0.279 e. The van der Waals surface area contributed by atoms with Gasteiger partial charge in [0, 0.05) is 22.9 Å². The van der Waals surface area contributed by atoms with E-state index >= 15 is 0 Å². The van der Waals surface area contributed by atoms with Crippen molar-refractivity contribution in [1.82, 2.24) is 15.5 Å². The van der Waals surface area contributed by atoms with Gasteiger partial charge in [-0.2, -0.15) is 0 Å². The first-order chi connectivity index (χ1) is 18.7. The van der Waals surface area contributed by atoms with Crippen LogP contribution in [0.15, 0.2) is 42.5 Å². The lowest BCUT2D eigenvalue weighted by molar-refractivity contribution is -0.394. The van der Waals surface area contributed by atoms with Gasteiger partial charge in [-0.25, -0.2) is 0 Å². The van der Waals surface area contributed by atoms with E-state index in [1.165, 1.54) is 23.6 Å². The summed E-state index contributed by atoms with van der Waals surface area (Å²) in [7, 11) is 0. The first-order valence-electron chi connectivity index (χ1n) is 12.4. The molecule has 1 heterocycles. The fraction of sp³-hybridized carbons (Fsp3) is 0.423. The topological polar surface area (TPSA) is 185 Å². The maximum absolute atomic E-state index is 13.5. The van der Waals surface area contributed by atoms with Crippen LogP contribution in [0, 0.1) is 27.2 Å². The molecule has 0 aliphatic carbocycles. The van der Waals surface area contributed by atoms with Crippen LogP contribution in [0.3, 0.4) is 0 Å². The molecule has 3 N–H and O–H groups in total. The third-order valence-corrected chi connectivity index (χ3v) is 7.24. The van der Waals surface area contributed by atoms with Crippen LogP contribution in [0.1, 0.15) is 42.3 Å². The Morgan fingerprint density at radius 1 is 1.12 bits per heavy atom. The van der Waals surface area contributed by atoms with Crippen LogP contribution in [0.25, 0.3) is 0 Å². The molecule has 2 aromatic carbocycles. The van der Waals surface area contributed by atoms with Crippen molar-refractivity contribution < 1.29 is 29.3 Å². The molecule has 1 aliphatic rings. The number of hydrogen-bond donors (Lipinski definition) is 3. The SMILES string of the molecule is Cc1c(C(=O)N[C@@H](Cc2ccccc2)[C@H](O)C(=O)N2CSC[C@H]2C(=O)NC(C)(C)C)cc([N+](=O)[O-])cc1[N+](=O)[O-]. The molecule has 0 spiro atoms. The highest BCUT2D eigenvalue weighted by molar-refractivity contribution is 7.99. The second kappa shape index (κ2) is 12.4. The fourth-order valence-corrected chi connectivity index (χ4v) is 5.41.